The maximum atomic E-state index is 13.5. The third-order valence-electron chi connectivity index (χ3n) is 8.07. The fourth-order valence-corrected chi connectivity index (χ4v) is 5.59. The van der Waals surface area contributed by atoms with Gasteiger partial charge in [-0.25, -0.2) is 4.79 Å². The number of esters is 1. The minimum atomic E-state index is -1.11. The average Bonchev–Trinajstić information content (AvgIpc) is 3.15. The van der Waals surface area contributed by atoms with Gasteiger partial charge in [-0.1, -0.05) is 140 Å². The molecular formula is C41H40O7. The van der Waals surface area contributed by atoms with Crippen molar-refractivity contribution in [2.24, 2.45) is 0 Å². The molecule has 0 spiro atoms. The van der Waals surface area contributed by atoms with Gasteiger partial charge in [0.15, 0.2) is 0 Å². The smallest absolute Gasteiger partial charge is 0.340 e. The Labute approximate surface area is 282 Å². The van der Waals surface area contributed by atoms with Gasteiger partial charge < -0.3 is 28.4 Å². The molecule has 5 aromatic rings. The summed E-state index contributed by atoms with van der Waals surface area (Å²) in [6.07, 6.45) is -3.90. The van der Waals surface area contributed by atoms with E-state index in [1.165, 1.54) is 0 Å². The number of rotatable bonds is 15. The van der Waals surface area contributed by atoms with Gasteiger partial charge in [-0.3, -0.25) is 0 Å². The molecule has 0 amide bonds. The van der Waals surface area contributed by atoms with Gasteiger partial charge in [0.2, 0.25) is 6.29 Å². The molecule has 7 heteroatoms. The lowest BCUT2D eigenvalue weighted by atomic mass is 9.97. The number of ether oxygens (including phenoxy) is 6. The zero-order valence-corrected chi connectivity index (χ0v) is 26.7. The molecule has 0 aromatic heterocycles. The number of carbonyl (C=O) groups excluding carboxylic acids is 1. The van der Waals surface area contributed by atoms with Crippen LogP contribution in [0.25, 0.3) is 0 Å². The van der Waals surface area contributed by atoms with Crippen LogP contribution in [0.1, 0.15) is 32.6 Å². The molecule has 1 fully saturated rings. The van der Waals surface area contributed by atoms with Crippen molar-refractivity contribution in [3.8, 4) is 0 Å². The van der Waals surface area contributed by atoms with Gasteiger partial charge in [-0.15, -0.1) is 0 Å². The lowest BCUT2D eigenvalue weighted by molar-refractivity contribution is -0.315. The molecule has 0 saturated carbocycles. The fraction of sp³-hybridized carbons (Fsp3) is 0.244. The van der Waals surface area contributed by atoms with Crippen LogP contribution in [0.4, 0.5) is 0 Å². The first kappa shape index (κ1) is 33.3. The Morgan fingerprint density at radius 1 is 0.479 bits per heavy atom. The molecule has 6 rings (SSSR count). The summed E-state index contributed by atoms with van der Waals surface area (Å²) in [4.78, 5) is 13.5. The van der Waals surface area contributed by atoms with E-state index < -0.39 is 36.7 Å². The lowest BCUT2D eigenvalue weighted by Gasteiger charge is -2.45. The highest BCUT2D eigenvalue weighted by atomic mass is 16.7. The van der Waals surface area contributed by atoms with Crippen LogP contribution in [0.15, 0.2) is 152 Å². The van der Waals surface area contributed by atoms with Crippen LogP contribution in [0.3, 0.4) is 0 Å². The summed E-state index contributed by atoms with van der Waals surface area (Å²) in [5, 5.41) is 0. The molecule has 1 aliphatic heterocycles. The van der Waals surface area contributed by atoms with Gasteiger partial charge in [-0.05, 0) is 34.4 Å². The van der Waals surface area contributed by atoms with Crippen molar-refractivity contribution in [2.45, 2.75) is 57.1 Å². The first-order chi connectivity index (χ1) is 23.7. The summed E-state index contributed by atoms with van der Waals surface area (Å²) in [6, 6.07) is 48.5. The molecule has 246 valence electrons. The summed E-state index contributed by atoms with van der Waals surface area (Å²) in [5.74, 6) is -0.525. The van der Waals surface area contributed by atoms with Gasteiger partial charge in [0, 0.05) is 0 Å². The zero-order valence-electron chi connectivity index (χ0n) is 26.7. The number of carbonyl (C=O) groups is 1. The Kier molecular flexibility index (Phi) is 12.1. The normalized spacial score (nSPS) is 20.6. The summed E-state index contributed by atoms with van der Waals surface area (Å²) in [5.41, 5.74) is 4.39. The fourth-order valence-electron chi connectivity index (χ4n) is 5.59. The molecule has 1 heterocycles. The minimum absolute atomic E-state index is 0.171. The molecule has 0 N–H and O–H groups in total. The highest BCUT2D eigenvalue weighted by molar-refractivity contribution is 5.89. The molecule has 0 bridgehead atoms. The second-order valence-corrected chi connectivity index (χ2v) is 11.6. The maximum Gasteiger partial charge on any atom is 0.340 e. The topological polar surface area (TPSA) is 72.5 Å². The highest BCUT2D eigenvalue weighted by Crippen LogP contribution is 2.32. The predicted octanol–water partition coefficient (Wildman–Crippen LogP) is 7.54. The van der Waals surface area contributed by atoms with Gasteiger partial charge in [0.25, 0.3) is 0 Å². The van der Waals surface area contributed by atoms with Crippen molar-refractivity contribution in [1.29, 1.82) is 0 Å². The van der Waals surface area contributed by atoms with Crippen LogP contribution in [-0.2, 0) is 54.8 Å². The van der Waals surface area contributed by atoms with Crippen molar-refractivity contribution in [3.63, 3.8) is 0 Å². The second-order valence-electron chi connectivity index (χ2n) is 11.6. The van der Waals surface area contributed by atoms with E-state index in [4.69, 9.17) is 28.4 Å². The van der Waals surface area contributed by atoms with Crippen molar-refractivity contribution in [3.05, 3.63) is 179 Å². The molecule has 0 aliphatic carbocycles. The van der Waals surface area contributed by atoms with Gasteiger partial charge >= 0.3 is 5.97 Å². The summed E-state index contributed by atoms with van der Waals surface area (Å²) in [7, 11) is 0. The Morgan fingerprint density at radius 2 is 0.875 bits per heavy atom. The standard InChI is InChI=1S/C41H40O7/c42-40(35-24-14-5-15-25-35)48-41-39(46-29-34-22-12-4-13-23-34)38(45-28-33-20-10-3-11-21-33)37(44-27-32-18-8-2-9-19-32)36(47-41)30-43-26-31-16-6-1-7-17-31/h1-25,36-39,41H,26-30H2/t36-,37-,38+,39-,41+/m1/s1. The molecule has 0 radical (unpaired) electrons. The first-order valence-corrected chi connectivity index (χ1v) is 16.2. The van der Waals surface area contributed by atoms with Crippen LogP contribution >= 0.6 is 0 Å². The van der Waals surface area contributed by atoms with Crippen LogP contribution in [-0.4, -0.2) is 43.3 Å². The maximum absolute atomic E-state index is 13.5. The average molecular weight is 645 g/mol. The minimum Gasteiger partial charge on any atom is -0.429 e. The van der Waals surface area contributed by atoms with Gasteiger partial charge in [0.1, 0.15) is 24.4 Å². The Hall–Kier alpha value is -4.63. The van der Waals surface area contributed by atoms with Crippen molar-refractivity contribution >= 4 is 5.97 Å². The zero-order chi connectivity index (χ0) is 32.8. The Balaban J connectivity index is 1.32. The van der Waals surface area contributed by atoms with Crippen LogP contribution < -0.4 is 0 Å². The van der Waals surface area contributed by atoms with Crippen LogP contribution in [0, 0.1) is 0 Å². The van der Waals surface area contributed by atoms with E-state index >= 15 is 0 Å². The van der Waals surface area contributed by atoms with Crippen LogP contribution in [0.2, 0.25) is 0 Å². The summed E-state index contributed by atoms with van der Waals surface area (Å²) in [6.45, 7) is 1.41. The molecule has 5 aromatic carbocycles. The molecule has 48 heavy (non-hydrogen) atoms. The molecule has 7 nitrogen and oxygen atoms in total. The van der Waals surface area contributed by atoms with E-state index in [-0.39, 0.29) is 13.2 Å². The molecule has 5 atom stereocenters. The van der Waals surface area contributed by atoms with E-state index in [1.54, 1.807) is 24.3 Å². The second kappa shape index (κ2) is 17.5. The number of hydrogen-bond donors (Lipinski definition) is 0. The number of hydrogen-bond acceptors (Lipinski definition) is 7. The van der Waals surface area contributed by atoms with Gasteiger partial charge in [0.05, 0.1) is 38.6 Å². The summed E-state index contributed by atoms with van der Waals surface area (Å²) < 4.78 is 38.8. The largest absolute Gasteiger partial charge is 0.429 e. The summed E-state index contributed by atoms with van der Waals surface area (Å²) >= 11 is 0. The number of benzene rings is 5. The highest BCUT2D eigenvalue weighted by Gasteiger charge is 2.50. The third kappa shape index (κ3) is 9.47. The van der Waals surface area contributed by atoms with Crippen LogP contribution in [0.5, 0.6) is 0 Å². The van der Waals surface area contributed by atoms with E-state index in [2.05, 4.69) is 0 Å². The van der Waals surface area contributed by atoms with E-state index in [0.717, 1.165) is 22.3 Å². The van der Waals surface area contributed by atoms with Crippen molar-refractivity contribution in [2.75, 3.05) is 6.61 Å². The van der Waals surface area contributed by atoms with E-state index in [0.29, 0.717) is 25.4 Å². The quantitative estimate of drug-likeness (QED) is 0.109. The molecule has 0 unspecified atom stereocenters. The molecule has 1 aliphatic rings. The Bertz CT molecular complexity index is 1640. The van der Waals surface area contributed by atoms with E-state index in [1.807, 2.05) is 127 Å². The monoisotopic (exact) mass is 644 g/mol. The molecular weight excluding hydrogens is 604 g/mol. The Morgan fingerprint density at radius 3 is 1.35 bits per heavy atom. The van der Waals surface area contributed by atoms with Crippen molar-refractivity contribution < 1.29 is 33.2 Å². The van der Waals surface area contributed by atoms with Crippen molar-refractivity contribution in [1.82, 2.24) is 0 Å². The van der Waals surface area contributed by atoms with Gasteiger partial charge in [-0.2, -0.15) is 0 Å². The molecule has 1 saturated heterocycles. The lowest BCUT2D eigenvalue weighted by Crippen LogP contribution is -2.62. The van der Waals surface area contributed by atoms with E-state index in [9.17, 15) is 4.79 Å². The predicted molar refractivity (Wildman–Crippen MR) is 182 cm³/mol. The third-order valence-corrected chi connectivity index (χ3v) is 8.07. The SMILES string of the molecule is O=C(O[C@@H]1O[C@H](COCc2ccccc2)[C@@H](OCc2ccccc2)[C@H](OCc2ccccc2)[C@H]1OCc1ccccc1)c1ccccc1. The first-order valence-electron chi connectivity index (χ1n) is 16.2.